The molecule has 0 unspecified atom stereocenters. The van der Waals surface area contributed by atoms with E-state index in [2.05, 4.69) is 15.3 Å². The lowest BCUT2D eigenvalue weighted by atomic mass is 10.1. The Hall–Kier alpha value is -3.56. The standard InChI is InChI=1S/C16H18N4O6/c1-23-10-5-8(14(17)21)9(6-11(10)24-2)19-15(22)13-16(26-4)20-12(25-3)7-18-13/h5-7H,1-4H3,(H2,17,21)(H,19,22). The van der Waals surface area contributed by atoms with E-state index in [9.17, 15) is 9.59 Å². The number of primary amides is 1. The molecule has 2 aromatic rings. The monoisotopic (exact) mass is 362 g/mol. The fourth-order valence-corrected chi connectivity index (χ4v) is 2.12. The lowest BCUT2D eigenvalue weighted by Crippen LogP contribution is -2.20. The molecule has 26 heavy (non-hydrogen) atoms. The number of anilines is 1. The van der Waals surface area contributed by atoms with Gasteiger partial charge >= 0.3 is 0 Å². The molecule has 0 aliphatic heterocycles. The summed E-state index contributed by atoms with van der Waals surface area (Å²) in [5, 5.41) is 2.55. The largest absolute Gasteiger partial charge is 0.493 e. The molecule has 2 amide bonds. The van der Waals surface area contributed by atoms with E-state index in [1.807, 2.05) is 0 Å². The maximum atomic E-state index is 12.6. The molecule has 0 fully saturated rings. The van der Waals surface area contributed by atoms with Gasteiger partial charge < -0.3 is 30.0 Å². The number of nitrogens with one attached hydrogen (secondary N) is 1. The van der Waals surface area contributed by atoms with Crippen molar-refractivity contribution in [3.63, 3.8) is 0 Å². The van der Waals surface area contributed by atoms with Gasteiger partial charge in [-0.15, -0.1) is 0 Å². The van der Waals surface area contributed by atoms with Crippen molar-refractivity contribution in [2.24, 2.45) is 5.73 Å². The number of ether oxygens (including phenoxy) is 4. The molecule has 0 bridgehead atoms. The van der Waals surface area contributed by atoms with E-state index in [-0.39, 0.29) is 28.7 Å². The van der Waals surface area contributed by atoms with Gasteiger partial charge in [-0.2, -0.15) is 4.98 Å². The highest BCUT2D eigenvalue weighted by atomic mass is 16.5. The van der Waals surface area contributed by atoms with Crippen molar-refractivity contribution in [3.8, 4) is 23.3 Å². The van der Waals surface area contributed by atoms with Crippen LogP contribution in [0.3, 0.4) is 0 Å². The van der Waals surface area contributed by atoms with Crippen molar-refractivity contribution < 1.29 is 28.5 Å². The molecule has 10 heteroatoms. The molecule has 1 aromatic heterocycles. The number of rotatable bonds is 7. The number of methoxy groups -OCH3 is 4. The number of benzene rings is 1. The van der Waals surface area contributed by atoms with Crippen molar-refractivity contribution in [1.82, 2.24) is 9.97 Å². The second-order valence-electron chi connectivity index (χ2n) is 4.84. The summed E-state index contributed by atoms with van der Waals surface area (Å²) in [6, 6.07) is 2.79. The maximum absolute atomic E-state index is 12.6. The van der Waals surface area contributed by atoms with E-state index in [0.29, 0.717) is 11.5 Å². The van der Waals surface area contributed by atoms with Crippen LogP contribution in [0.1, 0.15) is 20.8 Å². The summed E-state index contributed by atoms with van der Waals surface area (Å²) in [6.45, 7) is 0. The van der Waals surface area contributed by atoms with Crippen LogP contribution in [0.15, 0.2) is 18.3 Å². The van der Waals surface area contributed by atoms with Gasteiger partial charge in [-0.05, 0) is 6.07 Å². The van der Waals surface area contributed by atoms with E-state index in [1.54, 1.807) is 0 Å². The van der Waals surface area contributed by atoms with Crippen molar-refractivity contribution >= 4 is 17.5 Å². The Kier molecular flexibility index (Phi) is 5.78. The molecular formula is C16H18N4O6. The highest BCUT2D eigenvalue weighted by Gasteiger charge is 2.21. The summed E-state index contributed by atoms with van der Waals surface area (Å²) >= 11 is 0. The van der Waals surface area contributed by atoms with E-state index in [0.717, 1.165) is 0 Å². The minimum atomic E-state index is -0.756. The van der Waals surface area contributed by atoms with Gasteiger partial charge in [0.15, 0.2) is 17.2 Å². The van der Waals surface area contributed by atoms with Gasteiger partial charge in [-0.1, -0.05) is 0 Å². The highest BCUT2D eigenvalue weighted by molar-refractivity contribution is 6.09. The predicted molar refractivity (Wildman–Crippen MR) is 91.2 cm³/mol. The lowest BCUT2D eigenvalue weighted by Gasteiger charge is -2.14. The van der Waals surface area contributed by atoms with Crippen molar-refractivity contribution in [1.29, 1.82) is 0 Å². The van der Waals surface area contributed by atoms with Crippen LogP contribution in [-0.2, 0) is 0 Å². The number of nitrogens with two attached hydrogens (primary N) is 1. The minimum Gasteiger partial charge on any atom is -0.493 e. The van der Waals surface area contributed by atoms with Crippen molar-refractivity contribution in [2.75, 3.05) is 33.8 Å². The van der Waals surface area contributed by atoms with E-state index in [4.69, 9.17) is 24.7 Å². The van der Waals surface area contributed by atoms with Crippen LogP contribution < -0.4 is 30.0 Å². The van der Waals surface area contributed by atoms with Crippen molar-refractivity contribution in [2.45, 2.75) is 0 Å². The Bertz CT molecular complexity index is 840. The molecule has 138 valence electrons. The van der Waals surface area contributed by atoms with E-state index in [1.165, 1.54) is 46.8 Å². The van der Waals surface area contributed by atoms with Gasteiger partial charge in [0.05, 0.1) is 45.9 Å². The normalized spacial score (nSPS) is 10.0. The molecular weight excluding hydrogens is 344 g/mol. The zero-order chi connectivity index (χ0) is 19.3. The number of carbonyl (C=O) groups excluding carboxylic acids is 2. The molecule has 0 spiro atoms. The summed E-state index contributed by atoms with van der Waals surface area (Å²) in [5.74, 6) is -0.673. The molecule has 1 aromatic carbocycles. The first-order valence-corrected chi connectivity index (χ1v) is 7.27. The van der Waals surface area contributed by atoms with Crippen LogP contribution in [0.4, 0.5) is 5.69 Å². The summed E-state index contributed by atoms with van der Waals surface area (Å²) in [7, 11) is 5.58. The number of nitrogens with zero attached hydrogens (tertiary/aromatic N) is 2. The molecule has 10 nitrogen and oxygen atoms in total. The zero-order valence-corrected chi connectivity index (χ0v) is 14.7. The number of aromatic nitrogens is 2. The number of amides is 2. The Morgan fingerprint density at radius 3 is 2.19 bits per heavy atom. The number of hydrogen-bond donors (Lipinski definition) is 2. The lowest BCUT2D eigenvalue weighted by molar-refractivity contribution is 0.100. The smallest absolute Gasteiger partial charge is 0.279 e. The van der Waals surface area contributed by atoms with Crippen molar-refractivity contribution in [3.05, 3.63) is 29.6 Å². The van der Waals surface area contributed by atoms with Crippen LogP contribution in [0.25, 0.3) is 0 Å². The Labute approximate surface area is 149 Å². The van der Waals surface area contributed by atoms with Gasteiger partial charge in [-0.25, -0.2) is 4.98 Å². The molecule has 0 aliphatic carbocycles. The maximum Gasteiger partial charge on any atom is 0.279 e. The predicted octanol–water partition coefficient (Wildman–Crippen LogP) is 0.862. The van der Waals surface area contributed by atoms with Gasteiger partial charge in [0, 0.05) is 6.07 Å². The third-order valence-electron chi connectivity index (χ3n) is 3.37. The summed E-state index contributed by atoms with van der Waals surface area (Å²) in [4.78, 5) is 32.2. The summed E-state index contributed by atoms with van der Waals surface area (Å²) < 4.78 is 20.3. The quantitative estimate of drug-likeness (QED) is 0.740. The zero-order valence-electron chi connectivity index (χ0n) is 14.7. The van der Waals surface area contributed by atoms with Crippen LogP contribution >= 0.6 is 0 Å². The van der Waals surface area contributed by atoms with Gasteiger partial charge in [-0.3, -0.25) is 9.59 Å². The molecule has 3 N–H and O–H groups in total. The SMILES string of the molecule is COc1cnc(C(=O)Nc2cc(OC)c(OC)cc2C(N)=O)c(OC)n1. The number of carbonyl (C=O) groups is 2. The molecule has 0 aliphatic rings. The van der Waals surface area contributed by atoms with Crippen LogP contribution in [-0.4, -0.2) is 50.2 Å². The van der Waals surface area contributed by atoms with Crippen LogP contribution in [0.2, 0.25) is 0 Å². The third-order valence-corrected chi connectivity index (χ3v) is 3.37. The first-order chi connectivity index (χ1) is 12.4. The van der Waals surface area contributed by atoms with Gasteiger partial charge in [0.1, 0.15) is 0 Å². The second-order valence-corrected chi connectivity index (χ2v) is 4.84. The summed E-state index contributed by atoms with van der Waals surface area (Å²) in [5.41, 5.74) is 5.45. The fraction of sp³-hybridized carbons (Fsp3) is 0.250. The Morgan fingerprint density at radius 1 is 1.00 bits per heavy atom. The highest BCUT2D eigenvalue weighted by Crippen LogP contribution is 2.33. The topological polar surface area (TPSA) is 135 Å². The van der Waals surface area contributed by atoms with Crippen LogP contribution in [0.5, 0.6) is 23.3 Å². The van der Waals surface area contributed by atoms with Crippen LogP contribution in [0, 0.1) is 0 Å². The molecule has 0 radical (unpaired) electrons. The average molecular weight is 362 g/mol. The molecule has 0 saturated heterocycles. The second kappa shape index (κ2) is 8.01. The molecule has 0 saturated carbocycles. The Morgan fingerprint density at radius 2 is 1.65 bits per heavy atom. The van der Waals surface area contributed by atoms with E-state index < -0.39 is 11.8 Å². The molecule has 0 atom stereocenters. The first kappa shape index (κ1) is 18.8. The molecule has 1 heterocycles. The Balaban J connectivity index is 2.44. The number of hydrogen-bond acceptors (Lipinski definition) is 8. The first-order valence-electron chi connectivity index (χ1n) is 7.27. The van der Waals surface area contributed by atoms with Gasteiger partial charge in [0.2, 0.25) is 11.8 Å². The van der Waals surface area contributed by atoms with E-state index >= 15 is 0 Å². The fourth-order valence-electron chi connectivity index (χ4n) is 2.12. The minimum absolute atomic E-state index is 0.0384. The third kappa shape index (κ3) is 3.74. The average Bonchev–Trinajstić information content (AvgIpc) is 2.66. The molecule has 2 rings (SSSR count). The summed E-state index contributed by atoms with van der Waals surface area (Å²) in [6.07, 6.45) is 1.26. The van der Waals surface area contributed by atoms with Gasteiger partial charge in [0.25, 0.3) is 11.8 Å².